The number of nitrogens with one attached hydrogen (secondary N) is 1. The maximum atomic E-state index is 12.6. The lowest BCUT2D eigenvalue weighted by molar-refractivity contribution is -0.157. The zero-order valence-corrected chi connectivity index (χ0v) is 15.6. The van der Waals surface area contributed by atoms with Crippen LogP contribution in [0.5, 0.6) is 0 Å². The second kappa shape index (κ2) is 7.26. The topological polar surface area (TPSA) is 73.2 Å². The lowest BCUT2D eigenvalue weighted by atomic mass is 9.84. The van der Waals surface area contributed by atoms with Crippen molar-refractivity contribution in [3.63, 3.8) is 0 Å². The first-order chi connectivity index (χ1) is 11.7. The van der Waals surface area contributed by atoms with Gasteiger partial charge < -0.3 is 10.2 Å². The summed E-state index contributed by atoms with van der Waals surface area (Å²) < 4.78 is 0. The average Bonchev–Trinajstić information content (AvgIpc) is 2.52. The lowest BCUT2D eigenvalue weighted by Gasteiger charge is -2.49. The molecule has 1 aliphatic heterocycles. The molecule has 0 aliphatic carbocycles. The number of amides is 2. The van der Waals surface area contributed by atoms with Crippen LogP contribution in [0.25, 0.3) is 0 Å². The van der Waals surface area contributed by atoms with Crippen LogP contribution in [0.2, 0.25) is 0 Å². The Morgan fingerprint density at radius 3 is 2.40 bits per heavy atom. The van der Waals surface area contributed by atoms with E-state index in [4.69, 9.17) is 5.26 Å². The molecule has 0 bridgehead atoms. The highest BCUT2D eigenvalue weighted by atomic mass is 16.2. The molecule has 1 atom stereocenters. The number of carbonyl (C=O) groups is 2. The Balaban J connectivity index is 1.99. The molecule has 5 nitrogen and oxygen atoms in total. The molecule has 1 N–H and O–H groups in total. The molecule has 1 heterocycles. The van der Waals surface area contributed by atoms with Crippen molar-refractivity contribution in [3.05, 3.63) is 35.4 Å². The molecular formula is C20H27N3O2. The molecule has 2 amide bonds. The molecule has 25 heavy (non-hydrogen) atoms. The number of likely N-dealkylation sites (tertiary alicyclic amines) is 1. The maximum absolute atomic E-state index is 12.6. The number of hydrogen-bond donors (Lipinski definition) is 1. The van der Waals surface area contributed by atoms with Crippen LogP contribution in [0.4, 0.5) is 0 Å². The Morgan fingerprint density at radius 1 is 1.28 bits per heavy atom. The Labute approximate surface area is 150 Å². The van der Waals surface area contributed by atoms with E-state index in [1.807, 2.05) is 18.2 Å². The first-order valence-corrected chi connectivity index (χ1v) is 8.73. The molecular weight excluding hydrogens is 314 g/mol. The minimum Gasteiger partial charge on any atom is -0.353 e. The van der Waals surface area contributed by atoms with Gasteiger partial charge in [0.1, 0.15) is 5.54 Å². The van der Waals surface area contributed by atoms with E-state index in [1.165, 1.54) is 5.56 Å². The third-order valence-corrected chi connectivity index (χ3v) is 4.91. The summed E-state index contributed by atoms with van der Waals surface area (Å²) in [6.45, 7) is 9.18. The van der Waals surface area contributed by atoms with Gasteiger partial charge in [0.25, 0.3) is 0 Å². The van der Waals surface area contributed by atoms with Crippen molar-refractivity contribution in [2.75, 3.05) is 13.1 Å². The van der Waals surface area contributed by atoms with E-state index in [-0.39, 0.29) is 23.7 Å². The van der Waals surface area contributed by atoms with Crippen LogP contribution in [0.1, 0.15) is 51.7 Å². The van der Waals surface area contributed by atoms with Gasteiger partial charge in [-0.15, -0.1) is 0 Å². The predicted octanol–water partition coefficient (Wildman–Crippen LogP) is 2.55. The minimum atomic E-state index is -0.794. The maximum Gasteiger partial charge on any atom is 0.245 e. The van der Waals surface area contributed by atoms with Crippen molar-refractivity contribution in [1.29, 1.82) is 5.26 Å². The van der Waals surface area contributed by atoms with Crippen molar-refractivity contribution in [1.82, 2.24) is 10.2 Å². The van der Waals surface area contributed by atoms with Crippen molar-refractivity contribution < 1.29 is 9.59 Å². The van der Waals surface area contributed by atoms with Crippen LogP contribution in [-0.2, 0) is 21.4 Å². The summed E-state index contributed by atoms with van der Waals surface area (Å²) >= 11 is 0. The highest BCUT2D eigenvalue weighted by molar-refractivity contribution is 5.93. The van der Waals surface area contributed by atoms with E-state index >= 15 is 0 Å². The van der Waals surface area contributed by atoms with Crippen molar-refractivity contribution in [3.8, 4) is 6.07 Å². The monoisotopic (exact) mass is 341 g/mol. The molecule has 0 spiro atoms. The second-order valence-electron chi connectivity index (χ2n) is 7.86. The molecule has 2 rings (SSSR count). The van der Waals surface area contributed by atoms with E-state index in [1.54, 1.807) is 11.8 Å². The lowest BCUT2D eigenvalue weighted by Crippen LogP contribution is -2.67. The number of rotatable bonds is 5. The zero-order valence-electron chi connectivity index (χ0n) is 15.6. The Bertz CT molecular complexity index is 682. The number of nitrogens with zero attached hydrogens (tertiary/aromatic N) is 2. The summed E-state index contributed by atoms with van der Waals surface area (Å²) in [6, 6.07) is 10.1. The predicted molar refractivity (Wildman–Crippen MR) is 96.8 cm³/mol. The third kappa shape index (κ3) is 4.19. The number of hydrogen-bond acceptors (Lipinski definition) is 3. The summed E-state index contributed by atoms with van der Waals surface area (Å²) in [6.07, 6.45) is 1.22. The van der Waals surface area contributed by atoms with Gasteiger partial charge >= 0.3 is 0 Å². The SMILES string of the molecule is CC(C)(C)c1ccc(CC(=O)N2CCC2(C)C(=O)NCCC#N)cc1. The standard InChI is InChI=1S/C20H27N3O2/c1-19(2,3)16-8-6-15(7-9-16)14-17(24)23-13-10-20(23,4)18(25)22-12-5-11-21/h6-9H,5,10,12-14H2,1-4H3,(H,22,25). The molecule has 5 heteroatoms. The number of nitriles is 1. The van der Waals surface area contributed by atoms with Gasteiger partial charge in [-0.1, -0.05) is 45.0 Å². The van der Waals surface area contributed by atoms with Gasteiger partial charge in [0.15, 0.2) is 0 Å². The van der Waals surface area contributed by atoms with E-state index in [9.17, 15) is 9.59 Å². The van der Waals surface area contributed by atoms with E-state index < -0.39 is 5.54 Å². The summed E-state index contributed by atoms with van der Waals surface area (Å²) in [5.74, 6) is -0.210. The average molecular weight is 341 g/mol. The minimum absolute atomic E-state index is 0.0345. The van der Waals surface area contributed by atoms with E-state index in [0.29, 0.717) is 25.9 Å². The third-order valence-electron chi connectivity index (χ3n) is 4.91. The molecule has 1 saturated heterocycles. The van der Waals surface area contributed by atoms with Crippen LogP contribution in [-0.4, -0.2) is 35.3 Å². The van der Waals surface area contributed by atoms with Gasteiger partial charge in [-0.2, -0.15) is 5.26 Å². The first kappa shape index (κ1) is 19.0. The van der Waals surface area contributed by atoms with Crippen LogP contribution in [0, 0.1) is 11.3 Å². The van der Waals surface area contributed by atoms with E-state index in [0.717, 1.165) is 5.56 Å². The Morgan fingerprint density at radius 2 is 1.92 bits per heavy atom. The van der Waals surface area contributed by atoms with Crippen molar-refractivity contribution in [2.24, 2.45) is 0 Å². The number of benzene rings is 1. The van der Waals surface area contributed by atoms with Gasteiger partial charge in [0.05, 0.1) is 18.9 Å². The zero-order chi connectivity index (χ0) is 18.7. The highest BCUT2D eigenvalue weighted by Gasteiger charge is 2.48. The summed E-state index contributed by atoms with van der Waals surface area (Å²) in [7, 11) is 0. The highest BCUT2D eigenvalue weighted by Crippen LogP contribution is 2.31. The van der Waals surface area contributed by atoms with Crippen molar-refractivity contribution in [2.45, 2.75) is 57.9 Å². The molecule has 1 fully saturated rings. The summed E-state index contributed by atoms with van der Waals surface area (Å²) in [5.41, 5.74) is 1.48. The van der Waals surface area contributed by atoms with Gasteiger partial charge in [-0.3, -0.25) is 9.59 Å². The van der Waals surface area contributed by atoms with Gasteiger partial charge in [-0.05, 0) is 29.9 Å². The summed E-state index contributed by atoms with van der Waals surface area (Å²) in [4.78, 5) is 26.6. The normalized spacial score (nSPS) is 19.7. The molecule has 1 aromatic rings. The van der Waals surface area contributed by atoms with E-state index in [2.05, 4.69) is 38.2 Å². The fourth-order valence-corrected chi connectivity index (χ4v) is 3.01. The first-order valence-electron chi connectivity index (χ1n) is 8.73. The molecule has 134 valence electrons. The number of carbonyl (C=O) groups excluding carboxylic acids is 2. The van der Waals surface area contributed by atoms with Gasteiger partial charge in [0.2, 0.25) is 11.8 Å². The van der Waals surface area contributed by atoms with Gasteiger partial charge in [-0.25, -0.2) is 0 Å². The van der Waals surface area contributed by atoms with Crippen molar-refractivity contribution >= 4 is 11.8 Å². The summed E-state index contributed by atoms with van der Waals surface area (Å²) in [5, 5.41) is 11.3. The fourth-order valence-electron chi connectivity index (χ4n) is 3.01. The Kier molecular flexibility index (Phi) is 5.52. The molecule has 0 radical (unpaired) electrons. The van der Waals surface area contributed by atoms with Gasteiger partial charge in [0, 0.05) is 13.1 Å². The molecule has 1 unspecified atom stereocenters. The largest absolute Gasteiger partial charge is 0.353 e. The molecule has 1 aliphatic rings. The second-order valence-corrected chi connectivity index (χ2v) is 7.86. The smallest absolute Gasteiger partial charge is 0.245 e. The quantitative estimate of drug-likeness (QED) is 0.837. The Hall–Kier alpha value is -2.35. The van der Waals surface area contributed by atoms with Crippen LogP contribution >= 0.6 is 0 Å². The van der Waals surface area contributed by atoms with Crippen LogP contribution in [0.3, 0.4) is 0 Å². The molecule has 1 aromatic carbocycles. The molecule has 0 aromatic heterocycles. The fraction of sp³-hybridized carbons (Fsp3) is 0.550. The van der Waals surface area contributed by atoms with Crippen LogP contribution < -0.4 is 5.32 Å². The molecule has 0 saturated carbocycles. The van der Waals surface area contributed by atoms with Crippen LogP contribution in [0.15, 0.2) is 24.3 Å².